The van der Waals surface area contributed by atoms with Gasteiger partial charge in [0.2, 0.25) is 5.91 Å². The summed E-state index contributed by atoms with van der Waals surface area (Å²) in [6, 6.07) is 0. The molecule has 6 nitrogen and oxygen atoms in total. The Morgan fingerprint density at radius 2 is 2.00 bits per heavy atom. The Morgan fingerprint density at radius 1 is 1.30 bits per heavy atom. The number of aromatic carboxylic acids is 1. The van der Waals surface area contributed by atoms with Crippen molar-refractivity contribution in [2.24, 2.45) is 11.3 Å². The van der Waals surface area contributed by atoms with Crippen molar-refractivity contribution in [3.05, 3.63) is 18.1 Å². The number of hydrogen-bond donors (Lipinski definition) is 2. The molecular formula is C14H19N3O3. The highest BCUT2D eigenvalue weighted by Gasteiger charge is 2.37. The van der Waals surface area contributed by atoms with Crippen LogP contribution in [0.2, 0.25) is 0 Å². The molecule has 1 aliphatic rings. The van der Waals surface area contributed by atoms with Gasteiger partial charge >= 0.3 is 5.97 Å². The van der Waals surface area contributed by atoms with E-state index in [0.29, 0.717) is 0 Å². The molecule has 1 fully saturated rings. The third-order valence-corrected chi connectivity index (χ3v) is 3.97. The zero-order valence-corrected chi connectivity index (χ0v) is 11.7. The van der Waals surface area contributed by atoms with Gasteiger partial charge in [-0.05, 0) is 18.3 Å². The summed E-state index contributed by atoms with van der Waals surface area (Å²) >= 11 is 0. The van der Waals surface area contributed by atoms with Crippen LogP contribution in [0.5, 0.6) is 0 Å². The molecule has 2 N–H and O–H groups in total. The van der Waals surface area contributed by atoms with E-state index < -0.39 is 5.97 Å². The molecule has 108 valence electrons. The van der Waals surface area contributed by atoms with Crippen molar-refractivity contribution in [3.8, 4) is 0 Å². The Kier molecular flexibility index (Phi) is 4.01. The highest BCUT2D eigenvalue weighted by Crippen LogP contribution is 2.41. The van der Waals surface area contributed by atoms with Gasteiger partial charge in [0, 0.05) is 18.3 Å². The maximum Gasteiger partial charge on any atom is 0.358 e. The van der Waals surface area contributed by atoms with Crippen molar-refractivity contribution < 1.29 is 14.7 Å². The summed E-state index contributed by atoms with van der Waals surface area (Å²) in [5, 5.41) is 11.7. The Labute approximate surface area is 117 Å². The molecule has 1 aliphatic carbocycles. The minimum atomic E-state index is -1.20. The lowest BCUT2D eigenvalue weighted by Gasteiger charge is -2.37. The molecule has 0 spiro atoms. The second-order valence-corrected chi connectivity index (χ2v) is 5.83. The highest BCUT2D eigenvalue weighted by molar-refractivity contribution is 5.98. The molecule has 0 bridgehead atoms. The molecule has 1 amide bonds. The smallest absolute Gasteiger partial charge is 0.358 e. The van der Waals surface area contributed by atoms with E-state index in [9.17, 15) is 9.59 Å². The van der Waals surface area contributed by atoms with Gasteiger partial charge in [-0.2, -0.15) is 0 Å². The molecule has 1 heterocycles. The van der Waals surface area contributed by atoms with Gasteiger partial charge in [-0.3, -0.25) is 4.79 Å². The number of carboxylic acids is 1. The highest BCUT2D eigenvalue weighted by atomic mass is 16.4. The maximum absolute atomic E-state index is 12.4. The minimum absolute atomic E-state index is 0.0198. The third-order valence-electron chi connectivity index (χ3n) is 3.97. The van der Waals surface area contributed by atoms with Gasteiger partial charge in [0.05, 0.1) is 0 Å². The number of nitrogens with zero attached hydrogens (tertiary/aromatic N) is 2. The first-order chi connectivity index (χ1) is 9.42. The van der Waals surface area contributed by atoms with Gasteiger partial charge in [0.15, 0.2) is 11.5 Å². The van der Waals surface area contributed by atoms with Crippen LogP contribution < -0.4 is 5.32 Å². The summed E-state index contributed by atoms with van der Waals surface area (Å²) in [6.45, 7) is 4.15. The summed E-state index contributed by atoms with van der Waals surface area (Å²) in [4.78, 5) is 31.1. The van der Waals surface area contributed by atoms with Crippen LogP contribution >= 0.6 is 0 Å². The molecule has 1 aromatic rings. The molecule has 1 saturated carbocycles. The SMILES string of the molecule is CC1(C)CCCCC1C(=O)Nc1nccnc1C(=O)O. The number of hydrogen-bond acceptors (Lipinski definition) is 4. The number of carboxylic acid groups (broad SMARTS) is 1. The van der Waals surface area contributed by atoms with Crippen LogP contribution in [-0.4, -0.2) is 27.0 Å². The lowest BCUT2D eigenvalue weighted by atomic mass is 9.68. The minimum Gasteiger partial charge on any atom is -0.476 e. The van der Waals surface area contributed by atoms with Crippen molar-refractivity contribution in [1.29, 1.82) is 0 Å². The van der Waals surface area contributed by atoms with E-state index in [0.717, 1.165) is 25.7 Å². The van der Waals surface area contributed by atoms with E-state index in [-0.39, 0.29) is 28.8 Å². The van der Waals surface area contributed by atoms with Crippen molar-refractivity contribution >= 4 is 17.7 Å². The van der Waals surface area contributed by atoms with Crippen molar-refractivity contribution in [3.63, 3.8) is 0 Å². The first-order valence-corrected chi connectivity index (χ1v) is 6.77. The summed E-state index contributed by atoms with van der Waals surface area (Å²) in [7, 11) is 0. The van der Waals surface area contributed by atoms with E-state index in [2.05, 4.69) is 29.1 Å². The standard InChI is InChI=1S/C14H19N3O3/c1-14(2)6-4-3-5-9(14)12(18)17-11-10(13(19)20)15-7-8-16-11/h7-9H,3-6H2,1-2H3,(H,19,20)(H,16,17,18). The number of nitrogens with one attached hydrogen (secondary N) is 1. The first-order valence-electron chi connectivity index (χ1n) is 6.77. The fraction of sp³-hybridized carbons (Fsp3) is 0.571. The molecule has 6 heteroatoms. The zero-order chi connectivity index (χ0) is 14.8. The van der Waals surface area contributed by atoms with Crippen LogP contribution in [0.4, 0.5) is 5.82 Å². The molecule has 1 atom stereocenters. The van der Waals surface area contributed by atoms with Crippen LogP contribution in [0.1, 0.15) is 50.0 Å². The quantitative estimate of drug-likeness (QED) is 0.884. The lowest BCUT2D eigenvalue weighted by molar-refractivity contribution is -0.124. The van der Waals surface area contributed by atoms with E-state index in [1.165, 1.54) is 12.4 Å². The number of aromatic nitrogens is 2. The molecule has 1 unspecified atom stereocenters. The van der Waals surface area contributed by atoms with Crippen LogP contribution in [0.25, 0.3) is 0 Å². The maximum atomic E-state index is 12.4. The average Bonchev–Trinajstić information content (AvgIpc) is 2.38. The van der Waals surface area contributed by atoms with E-state index in [4.69, 9.17) is 5.11 Å². The number of carbonyl (C=O) groups excluding carboxylic acids is 1. The average molecular weight is 277 g/mol. The number of rotatable bonds is 3. The summed E-state index contributed by atoms with van der Waals surface area (Å²) in [5.41, 5.74) is -0.303. The molecule has 0 aliphatic heterocycles. The van der Waals surface area contributed by atoms with Crippen LogP contribution in [-0.2, 0) is 4.79 Å². The first kappa shape index (κ1) is 14.4. The van der Waals surface area contributed by atoms with Crippen molar-refractivity contribution in [2.45, 2.75) is 39.5 Å². The molecule has 2 rings (SSSR count). The molecule has 1 aromatic heterocycles. The fourth-order valence-corrected chi connectivity index (χ4v) is 2.77. The van der Waals surface area contributed by atoms with Crippen molar-refractivity contribution in [2.75, 3.05) is 5.32 Å². The number of anilines is 1. The normalized spacial score (nSPS) is 21.2. The Balaban J connectivity index is 2.18. The van der Waals surface area contributed by atoms with E-state index >= 15 is 0 Å². The zero-order valence-electron chi connectivity index (χ0n) is 11.7. The summed E-state index contributed by atoms with van der Waals surface area (Å²) < 4.78 is 0. The van der Waals surface area contributed by atoms with Gasteiger partial charge in [-0.15, -0.1) is 0 Å². The monoisotopic (exact) mass is 277 g/mol. The van der Waals surface area contributed by atoms with Crippen molar-refractivity contribution in [1.82, 2.24) is 9.97 Å². The fourth-order valence-electron chi connectivity index (χ4n) is 2.77. The predicted octanol–water partition coefficient (Wildman–Crippen LogP) is 2.33. The van der Waals surface area contributed by atoms with Gasteiger partial charge in [-0.1, -0.05) is 26.7 Å². The Hall–Kier alpha value is -1.98. The lowest BCUT2D eigenvalue weighted by Crippen LogP contribution is -2.37. The predicted molar refractivity (Wildman–Crippen MR) is 73.4 cm³/mol. The second kappa shape index (κ2) is 5.56. The van der Waals surface area contributed by atoms with Gasteiger partial charge in [0.1, 0.15) is 0 Å². The van der Waals surface area contributed by atoms with Gasteiger partial charge in [0.25, 0.3) is 0 Å². The molecular weight excluding hydrogens is 258 g/mol. The van der Waals surface area contributed by atoms with Gasteiger partial charge < -0.3 is 10.4 Å². The third kappa shape index (κ3) is 2.95. The molecule has 0 aromatic carbocycles. The number of carbonyl (C=O) groups is 2. The Morgan fingerprint density at radius 3 is 2.65 bits per heavy atom. The Bertz CT molecular complexity index is 528. The van der Waals surface area contributed by atoms with Gasteiger partial charge in [-0.25, -0.2) is 14.8 Å². The molecule has 0 radical (unpaired) electrons. The number of amides is 1. The van der Waals surface area contributed by atoms with Crippen LogP contribution in [0.15, 0.2) is 12.4 Å². The summed E-state index contributed by atoms with van der Waals surface area (Å²) in [6.07, 6.45) is 6.63. The second-order valence-electron chi connectivity index (χ2n) is 5.83. The largest absolute Gasteiger partial charge is 0.476 e. The molecule has 20 heavy (non-hydrogen) atoms. The molecule has 0 saturated heterocycles. The van der Waals surface area contributed by atoms with Crippen LogP contribution in [0, 0.1) is 11.3 Å². The summed E-state index contributed by atoms with van der Waals surface area (Å²) in [5.74, 6) is -1.47. The van der Waals surface area contributed by atoms with E-state index in [1.807, 2.05) is 0 Å². The topological polar surface area (TPSA) is 92.2 Å². The van der Waals surface area contributed by atoms with E-state index in [1.54, 1.807) is 0 Å². The van der Waals surface area contributed by atoms with Crippen LogP contribution in [0.3, 0.4) is 0 Å².